The van der Waals surface area contributed by atoms with Gasteiger partial charge in [0.15, 0.2) is 0 Å². The highest BCUT2D eigenvalue weighted by Gasteiger charge is 2.30. The van der Waals surface area contributed by atoms with Gasteiger partial charge in [0.25, 0.3) is 0 Å². The number of piperidine rings is 1. The first kappa shape index (κ1) is 18.0. The van der Waals surface area contributed by atoms with Crippen LogP contribution in [0.1, 0.15) is 36.1 Å². The number of halogens is 3. The van der Waals surface area contributed by atoms with Crippen molar-refractivity contribution in [2.75, 3.05) is 18.0 Å². The standard InChI is InChI=1S/C20H18F3N3/c21-20(22,23)17-6-9-19(25-14-17)16(13-24)12-15-4-7-18(8-5-15)26-10-2-1-3-11-26/h4-9,12,14H,1-3,10-11H2/b16-12+. The summed E-state index contributed by atoms with van der Waals surface area (Å²) < 4.78 is 37.9. The number of anilines is 1. The van der Waals surface area contributed by atoms with Crippen LogP contribution >= 0.6 is 0 Å². The molecule has 3 nitrogen and oxygen atoms in total. The lowest BCUT2D eigenvalue weighted by molar-refractivity contribution is -0.137. The summed E-state index contributed by atoms with van der Waals surface area (Å²) in [5.41, 5.74) is 1.58. The predicted molar refractivity (Wildman–Crippen MR) is 95.2 cm³/mol. The normalized spacial score (nSPS) is 15.6. The maximum atomic E-state index is 12.6. The third-order valence-electron chi connectivity index (χ3n) is 4.41. The van der Waals surface area contributed by atoms with Gasteiger partial charge < -0.3 is 4.90 Å². The van der Waals surface area contributed by atoms with Crippen LogP contribution in [0.25, 0.3) is 11.6 Å². The number of allylic oxidation sites excluding steroid dienone is 1. The van der Waals surface area contributed by atoms with Crippen molar-refractivity contribution in [1.82, 2.24) is 4.98 Å². The molecule has 0 N–H and O–H groups in total. The van der Waals surface area contributed by atoms with E-state index in [4.69, 9.17) is 0 Å². The number of nitriles is 1. The van der Waals surface area contributed by atoms with Crippen LogP contribution in [0, 0.1) is 11.3 Å². The molecule has 134 valence electrons. The van der Waals surface area contributed by atoms with Gasteiger partial charge in [0.1, 0.15) is 6.07 Å². The molecule has 6 heteroatoms. The van der Waals surface area contributed by atoms with Crippen molar-refractivity contribution in [2.24, 2.45) is 0 Å². The number of hydrogen-bond donors (Lipinski definition) is 0. The maximum absolute atomic E-state index is 12.6. The number of aromatic nitrogens is 1. The van der Waals surface area contributed by atoms with E-state index in [0.717, 1.165) is 36.6 Å². The van der Waals surface area contributed by atoms with E-state index in [1.165, 1.54) is 25.3 Å². The van der Waals surface area contributed by atoms with Crippen LogP contribution in [0.5, 0.6) is 0 Å². The van der Waals surface area contributed by atoms with Gasteiger partial charge in [0.2, 0.25) is 0 Å². The quantitative estimate of drug-likeness (QED) is 0.713. The van der Waals surface area contributed by atoms with Crippen molar-refractivity contribution in [2.45, 2.75) is 25.4 Å². The van der Waals surface area contributed by atoms with Crippen LogP contribution in [0.15, 0.2) is 42.6 Å². The minimum absolute atomic E-state index is 0.223. The Kier molecular flexibility index (Phi) is 5.27. The Morgan fingerprint density at radius 1 is 1.04 bits per heavy atom. The zero-order valence-electron chi connectivity index (χ0n) is 14.1. The summed E-state index contributed by atoms with van der Waals surface area (Å²) >= 11 is 0. The van der Waals surface area contributed by atoms with E-state index in [1.807, 2.05) is 30.3 Å². The van der Waals surface area contributed by atoms with Gasteiger partial charge in [-0.05, 0) is 55.2 Å². The van der Waals surface area contributed by atoms with Crippen molar-refractivity contribution in [3.05, 3.63) is 59.4 Å². The minimum atomic E-state index is -4.44. The zero-order valence-corrected chi connectivity index (χ0v) is 14.1. The molecule has 0 bridgehead atoms. The van der Waals surface area contributed by atoms with E-state index in [2.05, 4.69) is 9.88 Å². The molecule has 0 unspecified atom stereocenters. The highest BCUT2D eigenvalue weighted by molar-refractivity contribution is 5.88. The monoisotopic (exact) mass is 357 g/mol. The Hall–Kier alpha value is -2.81. The van der Waals surface area contributed by atoms with Crippen molar-refractivity contribution >= 4 is 17.3 Å². The Bertz CT molecular complexity index is 809. The Morgan fingerprint density at radius 2 is 1.73 bits per heavy atom. The molecule has 0 saturated carbocycles. The molecule has 0 spiro atoms. The molecule has 1 aliphatic heterocycles. The van der Waals surface area contributed by atoms with Crippen LogP contribution in [0.4, 0.5) is 18.9 Å². The first-order chi connectivity index (χ1) is 12.5. The summed E-state index contributed by atoms with van der Waals surface area (Å²) in [6.45, 7) is 2.10. The van der Waals surface area contributed by atoms with Gasteiger partial charge in [-0.1, -0.05) is 12.1 Å². The summed E-state index contributed by atoms with van der Waals surface area (Å²) in [6.07, 6.45) is 1.60. The molecule has 0 aliphatic carbocycles. The number of hydrogen-bond acceptors (Lipinski definition) is 3. The number of benzene rings is 1. The third kappa shape index (κ3) is 4.23. The Labute approximate surface area is 150 Å². The van der Waals surface area contributed by atoms with Gasteiger partial charge in [0.05, 0.1) is 16.8 Å². The average Bonchev–Trinajstić information content (AvgIpc) is 2.67. The molecule has 1 saturated heterocycles. The van der Waals surface area contributed by atoms with Crippen molar-refractivity contribution in [3.63, 3.8) is 0 Å². The third-order valence-corrected chi connectivity index (χ3v) is 4.41. The Morgan fingerprint density at radius 3 is 2.27 bits per heavy atom. The van der Waals surface area contributed by atoms with Crippen LogP contribution in [-0.2, 0) is 6.18 Å². The molecule has 1 fully saturated rings. The van der Waals surface area contributed by atoms with Gasteiger partial charge >= 0.3 is 6.18 Å². The predicted octanol–water partition coefficient (Wildman–Crippen LogP) is 5.15. The summed E-state index contributed by atoms with van der Waals surface area (Å²) in [6, 6.07) is 12.0. The molecule has 2 aromatic rings. The first-order valence-electron chi connectivity index (χ1n) is 8.48. The fourth-order valence-corrected chi connectivity index (χ4v) is 2.98. The van der Waals surface area contributed by atoms with Gasteiger partial charge in [-0.2, -0.15) is 18.4 Å². The highest BCUT2D eigenvalue weighted by Crippen LogP contribution is 2.29. The molecule has 0 radical (unpaired) electrons. The van der Waals surface area contributed by atoms with E-state index in [-0.39, 0.29) is 11.3 Å². The van der Waals surface area contributed by atoms with E-state index in [0.29, 0.717) is 0 Å². The SMILES string of the molecule is N#C/C(=C\c1ccc(N2CCCCC2)cc1)c1ccc(C(F)(F)F)cn1. The minimum Gasteiger partial charge on any atom is -0.372 e. The van der Waals surface area contributed by atoms with Gasteiger partial charge in [-0.3, -0.25) is 4.98 Å². The van der Waals surface area contributed by atoms with E-state index >= 15 is 0 Å². The van der Waals surface area contributed by atoms with Gasteiger partial charge in [-0.25, -0.2) is 0 Å². The van der Waals surface area contributed by atoms with Crippen molar-refractivity contribution in [3.8, 4) is 6.07 Å². The molecular formula is C20H18F3N3. The fourth-order valence-electron chi connectivity index (χ4n) is 2.98. The summed E-state index contributed by atoms with van der Waals surface area (Å²) in [5, 5.41) is 9.34. The maximum Gasteiger partial charge on any atom is 0.417 e. The molecular weight excluding hydrogens is 339 g/mol. The molecule has 1 aliphatic rings. The van der Waals surface area contributed by atoms with E-state index < -0.39 is 11.7 Å². The second kappa shape index (κ2) is 7.61. The summed E-state index contributed by atoms with van der Waals surface area (Å²) in [7, 11) is 0. The first-order valence-corrected chi connectivity index (χ1v) is 8.48. The molecule has 2 heterocycles. The smallest absolute Gasteiger partial charge is 0.372 e. The lowest BCUT2D eigenvalue weighted by Crippen LogP contribution is -2.29. The van der Waals surface area contributed by atoms with E-state index in [9.17, 15) is 18.4 Å². The molecule has 1 aromatic heterocycles. The topological polar surface area (TPSA) is 39.9 Å². The second-order valence-electron chi connectivity index (χ2n) is 6.24. The molecule has 0 amide bonds. The average molecular weight is 357 g/mol. The molecule has 0 atom stereocenters. The number of rotatable bonds is 3. The molecule has 3 rings (SSSR count). The molecule has 1 aromatic carbocycles. The summed E-state index contributed by atoms with van der Waals surface area (Å²) in [5.74, 6) is 0. The Balaban J connectivity index is 1.79. The van der Waals surface area contributed by atoms with Crippen LogP contribution in [0.3, 0.4) is 0 Å². The van der Waals surface area contributed by atoms with Crippen molar-refractivity contribution in [1.29, 1.82) is 5.26 Å². The summed E-state index contributed by atoms with van der Waals surface area (Å²) in [4.78, 5) is 6.12. The number of pyridine rings is 1. The number of alkyl halides is 3. The zero-order chi connectivity index (χ0) is 18.6. The van der Waals surface area contributed by atoms with Gasteiger partial charge in [0, 0.05) is 25.0 Å². The lowest BCUT2D eigenvalue weighted by atomic mass is 10.1. The van der Waals surface area contributed by atoms with Crippen LogP contribution in [-0.4, -0.2) is 18.1 Å². The molecule has 26 heavy (non-hydrogen) atoms. The van der Waals surface area contributed by atoms with E-state index in [1.54, 1.807) is 6.08 Å². The van der Waals surface area contributed by atoms with Crippen LogP contribution in [0.2, 0.25) is 0 Å². The second-order valence-corrected chi connectivity index (χ2v) is 6.24. The lowest BCUT2D eigenvalue weighted by Gasteiger charge is -2.28. The van der Waals surface area contributed by atoms with Crippen LogP contribution < -0.4 is 4.90 Å². The fraction of sp³-hybridized carbons (Fsp3) is 0.300. The highest BCUT2D eigenvalue weighted by atomic mass is 19.4. The van der Waals surface area contributed by atoms with Gasteiger partial charge in [-0.15, -0.1) is 0 Å². The van der Waals surface area contributed by atoms with Crippen molar-refractivity contribution < 1.29 is 13.2 Å². The number of nitrogens with zero attached hydrogens (tertiary/aromatic N) is 3. The largest absolute Gasteiger partial charge is 0.417 e.